The van der Waals surface area contributed by atoms with Crippen LogP contribution in [0.25, 0.3) is 0 Å². The molecule has 2 atom stereocenters. The van der Waals surface area contributed by atoms with Crippen LogP contribution in [0.1, 0.15) is 43.4 Å². The molecule has 118 valence electrons. The van der Waals surface area contributed by atoms with Gasteiger partial charge in [0.05, 0.1) is 24.7 Å². The summed E-state index contributed by atoms with van der Waals surface area (Å²) in [6.07, 6.45) is -4.46. The van der Waals surface area contributed by atoms with Crippen LogP contribution in [0.15, 0.2) is 24.3 Å². The van der Waals surface area contributed by atoms with E-state index in [1.165, 1.54) is 18.2 Å². The fraction of sp³-hybridized carbons (Fsp3) is 0.533. The quantitative estimate of drug-likeness (QED) is 0.815. The number of unbranched alkanes of at least 4 members (excludes halogenated alkanes) is 1. The van der Waals surface area contributed by atoms with Crippen molar-refractivity contribution in [3.8, 4) is 0 Å². The van der Waals surface area contributed by atoms with Gasteiger partial charge in [0.25, 0.3) is 0 Å². The van der Waals surface area contributed by atoms with E-state index < -0.39 is 29.7 Å². The van der Waals surface area contributed by atoms with Crippen LogP contribution in [0.5, 0.6) is 0 Å². The lowest BCUT2D eigenvalue weighted by molar-refractivity contribution is -0.152. The van der Waals surface area contributed by atoms with Crippen molar-refractivity contribution in [2.24, 2.45) is 5.92 Å². The van der Waals surface area contributed by atoms with E-state index in [9.17, 15) is 23.1 Å². The molecule has 0 saturated heterocycles. The molecule has 3 nitrogen and oxygen atoms in total. The first-order chi connectivity index (χ1) is 9.82. The number of methoxy groups -OCH3 is 1. The Bertz CT molecular complexity index is 471. The van der Waals surface area contributed by atoms with Crippen LogP contribution < -0.4 is 0 Å². The van der Waals surface area contributed by atoms with Gasteiger partial charge in [-0.15, -0.1) is 0 Å². The predicted molar refractivity (Wildman–Crippen MR) is 71.4 cm³/mol. The van der Waals surface area contributed by atoms with Crippen LogP contribution >= 0.6 is 0 Å². The summed E-state index contributed by atoms with van der Waals surface area (Å²) in [6, 6.07) is 4.74. The van der Waals surface area contributed by atoms with Gasteiger partial charge in [0.2, 0.25) is 0 Å². The first-order valence-electron chi connectivity index (χ1n) is 6.75. The number of alkyl halides is 3. The van der Waals surface area contributed by atoms with E-state index in [-0.39, 0.29) is 12.0 Å². The van der Waals surface area contributed by atoms with Crippen molar-refractivity contribution in [3.05, 3.63) is 35.4 Å². The zero-order chi connectivity index (χ0) is 16.0. The first-order valence-corrected chi connectivity index (χ1v) is 6.75. The monoisotopic (exact) mass is 304 g/mol. The highest BCUT2D eigenvalue weighted by atomic mass is 19.4. The number of carbonyl (C=O) groups is 1. The molecule has 0 aromatic heterocycles. The second kappa shape index (κ2) is 7.45. The Morgan fingerprint density at radius 2 is 1.95 bits per heavy atom. The third kappa shape index (κ3) is 4.46. The van der Waals surface area contributed by atoms with Crippen molar-refractivity contribution >= 4 is 5.97 Å². The van der Waals surface area contributed by atoms with Crippen molar-refractivity contribution in [3.63, 3.8) is 0 Å². The molecule has 0 fully saturated rings. The van der Waals surface area contributed by atoms with Crippen LogP contribution in [-0.2, 0) is 15.7 Å². The fourth-order valence-electron chi connectivity index (χ4n) is 2.21. The summed E-state index contributed by atoms with van der Waals surface area (Å²) in [5.41, 5.74) is -1.22. The Morgan fingerprint density at radius 1 is 1.33 bits per heavy atom. The topological polar surface area (TPSA) is 46.5 Å². The highest BCUT2D eigenvalue weighted by Gasteiger charge is 2.38. The van der Waals surface area contributed by atoms with Gasteiger partial charge in [-0.2, -0.15) is 13.2 Å². The zero-order valence-electron chi connectivity index (χ0n) is 12.0. The lowest BCUT2D eigenvalue weighted by Gasteiger charge is -2.23. The first kappa shape index (κ1) is 17.5. The van der Waals surface area contributed by atoms with E-state index in [0.717, 1.165) is 19.6 Å². The third-order valence-corrected chi connectivity index (χ3v) is 3.34. The molecule has 0 aliphatic rings. The van der Waals surface area contributed by atoms with Crippen LogP contribution in [0.2, 0.25) is 0 Å². The molecular formula is C15H19F3O3. The zero-order valence-corrected chi connectivity index (χ0v) is 12.0. The number of aliphatic hydroxyl groups is 1. The molecule has 2 unspecified atom stereocenters. The number of benzene rings is 1. The minimum Gasteiger partial charge on any atom is -0.469 e. The van der Waals surface area contributed by atoms with Crippen LogP contribution in [-0.4, -0.2) is 18.2 Å². The largest absolute Gasteiger partial charge is 0.469 e. The predicted octanol–water partition coefficient (Wildman–Crippen LogP) is 3.72. The van der Waals surface area contributed by atoms with Crippen molar-refractivity contribution in [1.29, 1.82) is 0 Å². The maximum Gasteiger partial charge on any atom is 0.416 e. The molecular weight excluding hydrogens is 285 g/mol. The molecule has 0 heterocycles. The Labute approximate surface area is 121 Å². The molecule has 1 N–H and O–H groups in total. The number of esters is 1. The van der Waals surface area contributed by atoms with Gasteiger partial charge in [0.1, 0.15) is 0 Å². The minimum atomic E-state index is -4.58. The minimum absolute atomic E-state index is 0.274. The number of halogens is 3. The van der Waals surface area contributed by atoms with Gasteiger partial charge < -0.3 is 9.84 Å². The molecule has 0 amide bonds. The molecule has 1 aromatic rings. The van der Waals surface area contributed by atoms with Gasteiger partial charge >= 0.3 is 12.1 Å². The Kier molecular flexibility index (Phi) is 6.20. The summed E-state index contributed by atoms with van der Waals surface area (Å²) in [4.78, 5) is 11.7. The smallest absolute Gasteiger partial charge is 0.416 e. The Hall–Kier alpha value is -1.56. The highest BCUT2D eigenvalue weighted by Crippen LogP contribution is 2.37. The van der Waals surface area contributed by atoms with E-state index in [0.29, 0.717) is 6.42 Å². The fourth-order valence-corrected chi connectivity index (χ4v) is 2.21. The van der Waals surface area contributed by atoms with E-state index in [1.807, 2.05) is 6.92 Å². The van der Waals surface area contributed by atoms with Crippen molar-refractivity contribution < 1.29 is 27.8 Å². The van der Waals surface area contributed by atoms with Gasteiger partial charge in [0.15, 0.2) is 0 Å². The van der Waals surface area contributed by atoms with Gasteiger partial charge in [-0.05, 0) is 18.1 Å². The van der Waals surface area contributed by atoms with E-state index in [2.05, 4.69) is 4.74 Å². The molecule has 0 aliphatic carbocycles. The number of aliphatic hydroxyl groups excluding tert-OH is 1. The standard InChI is InChI=1S/C15H19F3O3/c1-3-4-7-11(14(20)21-2)13(19)10-8-5-6-9-12(10)15(16,17)18/h5-6,8-9,11,13,19H,3-4,7H2,1-2H3. The number of hydrogen-bond donors (Lipinski definition) is 1. The van der Waals surface area contributed by atoms with Crippen LogP contribution in [0, 0.1) is 5.92 Å². The average Bonchev–Trinajstić information content (AvgIpc) is 2.46. The Morgan fingerprint density at radius 3 is 2.48 bits per heavy atom. The highest BCUT2D eigenvalue weighted by molar-refractivity contribution is 5.73. The molecule has 0 bridgehead atoms. The lowest BCUT2D eigenvalue weighted by Crippen LogP contribution is -2.25. The van der Waals surface area contributed by atoms with Crippen LogP contribution in [0.3, 0.4) is 0 Å². The number of hydrogen-bond acceptors (Lipinski definition) is 3. The molecule has 0 spiro atoms. The molecule has 1 aromatic carbocycles. The summed E-state index contributed by atoms with van der Waals surface area (Å²) < 4.78 is 43.5. The van der Waals surface area contributed by atoms with Gasteiger partial charge in [-0.1, -0.05) is 38.0 Å². The van der Waals surface area contributed by atoms with Crippen molar-refractivity contribution in [2.75, 3.05) is 7.11 Å². The summed E-state index contributed by atoms with van der Waals surface area (Å²) in [5.74, 6) is -1.70. The van der Waals surface area contributed by atoms with Gasteiger partial charge in [0, 0.05) is 0 Å². The van der Waals surface area contributed by atoms with E-state index >= 15 is 0 Å². The molecule has 0 radical (unpaired) electrons. The van der Waals surface area contributed by atoms with E-state index in [4.69, 9.17) is 0 Å². The number of rotatable bonds is 6. The van der Waals surface area contributed by atoms with Crippen molar-refractivity contribution in [1.82, 2.24) is 0 Å². The molecule has 1 rings (SSSR count). The molecule has 6 heteroatoms. The number of carbonyl (C=O) groups excluding carboxylic acids is 1. The second-order valence-electron chi connectivity index (χ2n) is 4.80. The normalized spacial score (nSPS) is 14.6. The SMILES string of the molecule is CCCCC(C(=O)OC)C(O)c1ccccc1C(F)(F)F. The molecule has 0 saturated carbocycles. The summed E-state index contributed by atoms with van der Waals surface area (Å²) in [7, 11) is 1.16. The molecule has 21 heavy (non-hydrogen) atoms. The third-order valence-electron chi connectivity index (χ3n) is 3.34. The maximum atomic E-state index is 13.0. The maximum absolute atomic E-state index is 13.0. The average molecular weight is 304 g/mol. The lowest BCUT2D eigenvalue weighted by atomic mass is 9.88. The second-order valence-corrected chi connectivity index (χ2v) is 4.80. The van der Waals surface area contributed by atoms with Crippen LogP contribution in [0.4, 0.5) is 13.2 Å². The van der Waals surface area contributed by atoms with Gasteiger partial charge in [-0.3, -0.25) is 4.79 Å². The summed E-state index contributed by atoms with van der Waals surface area (Å²) in [6.45, 7) is 1.89. The van der Waals surface area contributed by atoms with E-state index in [1.54, 1.807) is 0 Å². The summed E-state index contributed by atoms with van der Waals surface area (Å²) in [5, 5.41) is 10.3. The molecule has 0 aliphatic heterocycles. The Balaban J connectivity index is 3.14. The van der Waals surface area contributed by atoms with Crippen molar-refractivity contribution in [2.45, 2.75) is 38.5 Å². The summed E-state index contributed by atoms with van der Waals surface area (Å²) >= 11 is 0. The van der Waals surface area contributed by atoms with Gasteiger partial charge in [-0.25, -0.2) is 0 Å². The number of ether oxygens (including phenoxy) is 1.